The first kappa shape index (κ1) is 14.5. The van der Waals surface area contributed by atoms with Crippen molar-refractivity contribution in [2.75, 3.05) is 11.9 Å². The summed E-state index contributed by atoms with van der Waals surface area (Å²) in [5.74, 6) is -0.143. The number of carbonyl (C=O) groups is 1. The lowest BCUT2D eigenvalue weighted by atomic mass is 10.2. The van der Waals surface area contributed by atoms with E-state index in [1.54, 1.807) is 23.6 Å². The Labute approximate surface area is 123 Å². The van der Waals surface area contributed by atoms with Gasteiger partial charge in [-0.1, -0.05) is 0 Å². The standard InChI is InChI=1S/C15H19N3OS/c1-4-16-15(19)13-9-12(7-8-17-13)18-11(3)14-6-5-10(2)20-14/h5-9,11H,4H2,1-3H3,(H,16,19)(H,17,18). The molecule has 0 saturated heterocycles. The highest BCUT2D eigenvalue weighted by molar-refractivity contribution is 7.12. The van der Waals surface area contributed by atoms with E-state index in [0.717, 1.165) is 5.69 Å². The minimum Gasteiger partial charge on any atom is -0.378 e. The van der Waals surface area contributed by atoms with Gasteiger partial charge in [-0.15, -0.1) is 11.3 Å². The van der Waals surface area contributed by atoms with E-state index in [4.69, 9.17) is 0 Å². The largest absolute Gasteiger partial charge is 0.378 e. The van der Waals surface area contributed by atoms with Crippen LogP contribution in [0.5, 0.6) is 0 Å². The van der Waals surface area contributed by atoms with Crippen molar-refractivity contribution in [2.24, 2.45) is 0 Å². The highest BCUT2D eigenvalue weighted by Gasteiger charge is 2.10. The molecule has 5 heteroatoms. The number of carbonyl (C=O) groups excluding carboxylic acids is 1. The Morgan fingerprint density at radius 2 is 2.20 bits per heavy atom. The molecule has 0 aliphatic rings. The van der Waals surface area contributed by atoms with Crippen LogP contribution < -0.4 is 10.6 Å². The van der Waals surface area contributed by atoms with Crippen molar-refractivity contribution < 1.29 is 4.79 Å². The molecule has 0 radical (unpaired) electrons. The van der Waals surface area contributed by atoms with Crippen LogP contribution in [0.25, 0.3) is 0 Å². The number of hydrogen-bond donors (Lipinski definition) is 2. The third-order valence-electron chi connectivity index (χ3n) is 2.90. The molecule has 2 aromatic rings. The lowest BCUT2D eigenvalue weighted by Crippen LogP contribution is -2.23. The molecule has 0 spiro atoms. The van der Waals surface area contributed by atoms with Crippen molar-refractivity contribution >= 4 is 22.9 Å². The zero-order chi connectivity index (χ0) is 14.5. The summed E-state index contributed by atoms with van der Waals surface area (Å²) in [5, 5.41) is 6.15. The third-order valence-corrected chi connectivity index (χ3v) is 4.08. The quantitative estimate of drug-likeness (QED) is 0.887. The van der Waals surface area contributed by atoms with Crippen LogP contribution >= 0.6 is 11.3 Å². The van der Waals surface area contributed by atoms with Crippen LogP contribution in [0.4, 0.5) is 5.69 Å². The number of anilines is 1. The molecular weight excluding hydrogens is 270 g/mol. The number of amides is 1. The number of aromatic nitrogens is 1. The number of nitrogens with one attached hydrogen (secondary N) is 2. The molecule has 0 bridgehead atoms. The monoisotopic (exact) mass is 289 g/mol. The van der Waals surface area contributed by atoms with E-state index in [1.807, 2.05) is 13.0 Å². The zero-order valence-corrected chi connectivity index (χ0v) is 12.8. The van der Waals surface area contributed by atoms with Crippen LogP contribution in [0.3, 0.4) is 0 Å². The van der Waals surface area contributed by atoms with Gasteiger partial charge >= 0.3 is 0 Å². The summed E-state index contributed by atoms with van der Waals surface area (Å²) in [6.45, 7) is 6.70. The van der Waals surface area contributed by atoms with E-state index >= 15 is 0 Å². The van der Waals surface area contributed by atoms with Crippen LogP contribution in [0.2, 0.25) is 0 Å². The van der Waals surface area contributed by atoms with Gasteiger partial charge < -0.3 is 10.6 Å². The predicted octanol–water partition coefficient (Wildman–Crippen LogP) is 3.37. The minimum atomic E-state index is -0.143. The molecule has 2 N–H and O–H groups in total. The minimum absolute atomic E-state index is 0.143. The smallest absolute Gasteiger partial charge is 0.269 e. The first-order chi connectivity index (χ1) is 9.60. The second-order valence-corrected chi connectivity index (χ2v) is 5.92. The van der Waals surface area contributed by atoms with Crippen molar-refractivity contribution in [2.45, 2.75) is 26.8 Å². The first-order valence-electron chi connectivity index (χ1n) is 6.67. The molecule has 0 aromatic carbocycles. The summed E-state index contributed by atoms with van der Waals surface area (Å²) in [4.78, 5) is 18.4. The molecule has 0 aliphatic carbocycles. The third kappa shape index (κ3) is 3.57. The lowest BCUT2D eigenvalue weighted by molar-refractivity contribution is 0.0951. The maximum atomic E-state index is 11.8. The Morgan fingerprint density at radius 1 is 1.40 bits per heavy atom. The molecular formula is C15H19N3OS. The van der Waals surface area contributed by atoms with Crippen molar-refractivity contribution in [1.29, 1.82) is 0 Å². The van der Waals surface area contributed by atoms with Gasteiger partial charge in [0.2, 0.25) is 0 Å². The number of aryl methyl sites for hydroxylation is 1. The van der Waals surface area contributed by atoms with Crippen molar-refractivity contribution in [3.05, 3.63) is 45.9 Å². The Hall–Kier alpha value is -1.88. The Balaban J connectivity index is 2.09. The van der Waals surface area contributed by atoms with Crippen molar-refractivity contribution in [3.8, 4) is 0 Å². The van der Waals surface area contributed by atoms with E-state index in [0.29, 0.717) is 12.2 Å². The van der Waals surface area contributed by atoms with Gasteiger partial charge in [-0.05, 0) is 45.0 Å². The van der Waals surface area contributed by atoms with Gasteiger partial charge in [0.25, 0.3) is 5.91 Å². The molecule has 106 valence electrons. The molecule has 1 amide bonds. The molecule has 0 aliphatic heterocycles. The fourth-order valence-electron chi connectivity index (χ4n) is 1.90. The van der Waals surface area contributed by atoms with E-state index in [-0.39, 0.29) is 11.9 Å². The fourth-order valence-corrected chi connectivity index (χ4v) is 2.78. The number of nitrogens with zero attached hydrogens (tertiary/aromatic N) is 1. The highest BCUT2D eigenvalue weighted by atomic mass is 32.1. The van der Waals surface area contributed by atoms with E-state index in [1.165, 1.54) is 9.75 Å². The van der Waals surface area contributed by atoms with Crippen LogP contribution in [0, 0.1) is 6.92 Å². The first-order valence-corrected chi connectivity index (χ1v) is 7.49. The summed E-state index contributed by atoms with van der Waals surface area (Å²) in [6, 6.07) is 8.11. The molecule has 2 heterocycles. The summed E-state index contributed by atoms with van der Waals surface area (Å²) >= 11 is 1.78. The second kappa shape index (κ2) is 6.52. The average molecular weight is 289 g/mol. The van der Waals surface area contributed by atoms with Crippen LogP contribution in [0.1, 0.15) is 40.1 Å². The normalized spacial score (nSPS) is 11.9. The number of thiophene rings is 1. The molecule has 2 aromatic heterocycles. The van der Waals surface area contributed by atoms with Gasteiger partial charge in [0.15, 0.2) is 0 Å². The van der Waals surface area contributed by atoms with Crippen molar-refractivity contribution in [1.82, 2.24) is 10.3 Å². The van der Waals surface area contributed by atoms with Gasteiger partial charge in [-0.2, -0.15) is 0 Å². The Bertz CT molecular complexity index is 594. The van der Waals surface area contributed by atoms with Gasteiger partial charge in [0, 0.05) is 28.2 Å². The SMILES string of the molecule is CCNC(=O)c1cc(NC(C)c2ccc(C)s2)ccn1. The fraction of sp³-hybridized carbons (Fsp3) is 0.333. The number of pyridine rings is 1. The van der Waals surface area contributed by atoms with E-state index < -0.39 is 0 Å². The molecule has 1 unspecified atom stereocenters. The van der Waals surface area contributed by atoms with Crippen LogP contribution in [-0.2, 0) is 0 Å². The highest BCUT2D eigenvalue weighted by Crippen LogP contribution is 2.25. The van der Waals surface area contributed by atoms with Crippen LogP contribution in [0.15, 0.2) is 30.5 Å². The van der Waals surface area contributed by atoms with Crippen LogP contribution in [-0.4, -0.2) is 17.4 Å². The Morgan fingerprint density at radius 3 is 2.85 bits per heavy atom. The van der Waals surface area contributed by atoms with Gasteiger partial charge in [0.05, 0.1) is 6.04 Å². The average Bonchev–Trinajstić information content (AvgIpc) is 2.86. The van der Waals surface area contributed by atoms with E-state index in [2.05, 4.69) is 41.6 Å². The summed E-state index contributed by atoms with van der Waals surface area (Å²) in [5.41, 5.74) is 1.34. The zero-order valence-electron chi connectivity index (χ0n) is 11.9. The molecule has 0 fully saturated rings. The molecule has 1 atom stereocenters. The second-order valence-electron chi connectivity index (χ2n) is 4.60. The maximum Gasteiger partial charge on any atom is 0.269 e. The summed E-state index contributed by atoms with van der Waals surface area (Å²) < 4.78 is 0. The molecule has 2 rings (SSSR count). The van der Waals surface area contributed by atoms with Crippen molar-refractivity contribution in [3.63, 3.8) is 0 Å². The molecule has 0 saturated carbocycles. The predicted molar refractivity (Wildman–Crippen MR) is 83.3 cm³/mol. The number of hydrogen-bond acceptors (Lipinski definition) is 4. The Kier molecular flexibility index (Phi) is 4.74. The lowest BCUT2D eigenvalue weighted by Gasteiger charge is -2.14. The maximum absolute atomic E-state index is 11.8. The van der Waals surface area contributed by atoms with Gasteiger partial charge in [-0.3, -0.25) is 9.78 Å². The van der Waals surface area contributed by atoms with E-state index in [9.17, 15) is 4.79 Å². The van der Waals surface area contributed by atoms with Gasteiger partial charge in [0.1, 0.15) is 5.69 Å². The molecule has 4 nitrogen and oxygen atoms in total. The van der Waals surface area contributed by atoms with Gasteiger partial charge in [-0.25, -0.2) is 0 Å². The topological polar surface area (TPSA) is 54.0 Å². The summed E-state index contributed by atoms with van der Waals surface area (Å²) in [7, 11) is 0. The number of rotatable bonds is 5. The summed E-state index contributed by atoms with van der Waals surface area (Å²) in [6.07, 6.45) is 1.65. The molecule has 20 heavy (non-hydrogen) atoms.